The lowest BCUT2D eigenvalue weighted by Gasteiger charge is -2.14. The standard InChI is InChI=1S/C27H22N2O5/c1-5-16-11-14(2)10-15(3)23(16)34-18-8-6-17(7-9-18)29-26(32)21-12-19-20(13-22(21)27(29)33)25(31)28(4)24(19)30/h6-13H,5H2,1-4H3. The first-order chi connectivity index (χ1) is 16.2. The van der Waals surface area contributed by atoms with Crippen molar-refractivity contribution in [3.05, 3.63) is 107 Å². The van der Waals surface area contributed by atoms with Crippen molar-refractivity contribution in [3.63, 3.8) is 0 Å². The van der Waals surface area contributed by atoms with E-state index in [2.05, 4.69) is 19.1 Å². The third kappa shape index (κ3) is 3.12. The highest BCUT2D eigenvalue weighted by molar-refractivity contribution is 5.98. The molecule has 0 aliphatic heterocycles. The summed E-state index contributed by atoms with van der Waals surface area (Å²) in [6.45, 7) is 6.12. The Morgan fingerprint density at radius 2 is 1.26 bits per heavy atom. The van der Waals surface area contributed by atoms with Gasteiger partial charge in [0.1, 0.15) is 11.5 Å². The summed E-state index contributed by atoms with van der Waals surface area (Å²) in [6.07, 6.45) is 0.829. The quantitative estimate of drug-likeness (QED) is 0.415. The van der Waals surface area contributed by atoms with Crippen LogP contribution in [0.4, 0.5) is 0 Å². The van der Waals surface area contributed by atoms with Gasteiger partial charge in [0.2, 0.25) is 0 Å². The monoisotopic (exact) mass is 454 g/mol. The van der Waals surface area contributed by atoms with E-state index in [0.717, 1.165) is 32.4 Å². The smallest absolute Gasteiger partial charge is 0.266 e. The normalized spacial score (nSPS) is 11.5. The van der Waals surface area contributed by atoms with Crippen molar-refractivity contribution < 1.29 is 4.74 Å². The molecule has 0 aliphatic rings. The molecule has 0 radical (unpaired) electrons. The molecule has 5 aromatic rings. The SMILES string of the molecule is CCc1cc(C)cc(C)c1Oc1ccc(-n2c(=O)c3cc4c(=O)n(C)c(=O)c4cc3c2=O)cc1. The Bertz CT molecular complexity index is 1740. The van der Waals surface area contributed by atoms with Crippen LogP contribution in [0, 0.1) is 13.8 Å². The lowest BCUT2D eigenvalue weighted by Crippen LogP contribution is -2.23. The van der Waals surface area contributed by atoms with Gasteiger partial charge in [-0.15, -0.1) is 0 Å². The van der Waals surface area contributed by atoms with Gasteiger partial charge in [-0.3, -0.25) is 23.7 Å². The fourth-order valence-corrected chi connectivity index (χ4v) is 4.56. The van der Waals surface area contributed by atoms with Crippen LogP contribution in [0.25, 0.3) is 27.2 Å². The first-order valence-corrected chi connectivity index (χ1v) is 11.0. The molecule has 0 atom stereocenters. The zero-order chi connectivity index (χ0) is 24.3. The molecular formula is C27H22N2O5. The number of ether oxygens (including phenoxy) is 1. The van der Waals surface area contributed by atoms with Crippen molar-refractivity contribution in [2.45, 2.75) is 27.2 Å². The average molecular weight is 454 g/mol. The largest absolute Gasteiger partial charge is 0.457 e. The molecule has 0 amide bonds. The summed E-state index contributed by atoms with van der Waals surface area (Å²) >= 11 is 0. The molecule has 2 aromatic heterocycles. The number of hydrogen-bond acceptors (Lipinski definition) is 5. The molecule has 0 saturated heterocycles. The van der Waals surface area contributed by atoms with Crippen molar-refractivity contribution in [3.8, 4) is 17.2 Å². The molecule has 5 rings (SSSR count). The van der Waals surface area contributed by atoms with Gasteiger partial charge in [0.25, 0.3) is 22.2 Å². The number of nitrogens with zero attached hydrogens (tertiary/aromatic N) is 2. The Hall–Kier alpha value is -4.26. The van der Waals surface area contributed by atoms with E-state index < -0.39 is 22.2 Å². The number of fused-ring (bicyclic) bond motifs is 2. The number of aromatic nitrogens is 2. The number of hydrogen-bond donors (Lipinski definition) is 0. The molecule has 34 heavy (non-hydrogen) atoms. The van der Waals surface area contributed by atoms with Gasteiger partial charge in [0.05, 0.1) is 27.2 Å². The third-order valence-corrected chi connectivity index (χ3v) is 6.29. The molecule has 170 valence electrons. The lowest BCUT2D eigenvalue weighted by atomic mass is 10.0. The molecule has 0 saturated carbocycles. The average Bonchev–Trinajstić information content (AvgIpc) is 3.19. The summed E-state index contributed by atoms with van der Waals surface area (Å²) in [4.78, 5) is 50.8. The van der Waals surface area contributed by atoms with Gasteiger partial charge in [0.15, 0.2) is 0 Å². The van der Waals surface area contributed by atoms with E-state index >= 15 is 0 Å². The minimum absolute atomic E-state index is 0.114. The van der Waals surface area contributed by atoms with E-state index in [1.807, 2.05) is 13.8 Å². The van der Waals surface area contributed by atoms with Crippen molar-refractivity contribution in [1.29, 1.82) is 0 Å². The van der Waals surface area contributed by atoms with Gasteiger partial charge >= 0.3 is 0 Å². The summed E-state index contributed by atoms with van der Waals surface area (Å²) in [5.41, 5.74) is 1.65. The van der Waals surface area contributed by atoms with Crippen LogP contribution in [0.5, 0.6) is 11.5 Å². The van der Waals surface area contributed by atoms with Crippen LogP contribution in [-0.4, -0.2) is 9.13 Å². The topological polar surface area (TPSA) is 87.4 Å². The van der Waals surface area contributed by atoms with Crippen LogP contribution < -0.4 is 27.0 Å². The fraction of sp³-hybridized carbons (Fsp3) is 0.185. The molecule has 2 heterocycles. The fourth-order valence-electron chi connectivity index (χ4n) is 4.56. The van der Waals surface area contributed by atoms with Crippen molar-refractivity contribution in [1.82, 2.24) is 9.13 Å². The second kappa shape index (κ2) is 7.66. The minimum atomic E-state index is -0.533. The summed E-state index contributed by atoms with van der Waals surface area (Å²) in [6, 6.07) is 13.6. The number of benzene rings is 3. The Morgan fingerprint density at radius 3 is 1.79 bits per heavy atom. The number of aryl methyl sites for hydroxylation is 3. The zero-order valence-electron chi connectivity index (χ0n) is 19.3. The molecule has 7 heteroatoms. The minimum Gasteiger partial charge on any atom is -0.457 e. The summed E-state index contributed by atoms with van der Waals surface area (Å²) in [5.74, 6) is 1.38. The molecule has 3 aromatic carbocycles. The highest BCUT2D eigenvalue weighted by atomic mass is 16.5. The Kier molecular flexibility index (Phi) is 4.86. The summed E-state index contributed by atoms with van der Waals surface area (Å²) < 4.78 is 8.17. The molecule has 0 spiro atoms. The summed E-state index contributed by atoms with van der Waals surface area (Å²) in [7, 11) is 1.37. The van der Waals surface area contributed by atoms with Crippen LogP contribution in [-0.2, 0) is 13.5 Å². The van der Waals surface area contributed by atoms with E-state index in [1.165, 1.54) is 24.7 Å². The molecule has 0 N–H and O–H groups in total. The van der Waals surface area contributed by atoms with Gasteiger partial charge in [-0.1, -0.05) is 24.6 Å². The third-order valence-electron chi connectivity index (χ3n) is 6.29. The van der Waals surface area contributed by atoms with Gasteiger partial charge in [-0.05, 0) is 67.8 Å². The second-order valence-corrected chi connectivity index (χ2v) is 8.58. The summed E-state index contributed by atoms with van der Waals surface area (Å²) in [5, 5.41) is 0.503. The first kappa shape index (κ1) is 21.6. The zero-order valence-corrected chi connectivity index (χ0v) is 19.3. The molecule has 0 bridgehead atoms. The Balaban J connectivity index is 1.59. The maximum absolute atomic E-state index is 13.1. The van der Waals surface area contributed by atoms with E-state index in [1.54, 1.807) is 24.3 Å². The van der Waals surface area contributed by atoms with E-state index in [-0.39, 0.29) is 21.5 Å². The maximum Gasteiger partial charge on any atom is 0.266 e. The predicted octanol–water partition coefficient (Wildman–Crippen LogP) is 3.41. The van der Waals surface area contributed by atoms with E-state index in [9.17, 15) is 19.2 Å². The van der Waals surface area contributed by atoms with Gasteiger partial charge in [-0.2, -0.15) is 0 Å². The van der Waals surface area contributed by atoms with Gasteiger partial charge in [0, 0.05) is 7.05 Å². The Morgan fingerprint density at radius 1 is 0.735 bits per heavy atom. The molecule has 7 nitrogen and oxygen atoms in total. The van der Waals surface area contributed by atoms with E-state index in [4.69, 9.17) is 4.74 Å². The lowest BCUT2D eigenvalue weighted by molar-refractivity contribution is 0.472. The molecular weight excluding hydrogens is 432 g/mol. The second-order valence-electron chi connectivity index (χ2n) is 8.58. The highest BCUT2D eigenvalue weighted by Gasteiger charge is 2.19. The van der Waals surface area contributed by atoms with Crippen molar-refractivity contribution in [2.24, 2.45) is 7.05 Å². The van der Waals surface area contributed by atoms with Crippen LogP contribution in [0.1, 0.15) is 23.6 Å². The van der Waals surface area contributed by atoms with Gasteiger partial charge < -0.3 is 4.74 Å². The van der Waals surface area contributed by atoms with Crippen LogP contribution in [0.3, 0.4) is 0 Å². The van der Waals surface area contributed by atoms with Crippen LogP contribution in [0.2, 0.25) is 0 Å². The number of rotatable bonds is 4. The van der Waals surface area contributed by atoms with Gasteiger partial charge in [-0.25, -0.2) is 4.57 Å². The molecule has 0 aliphatic carbocycles. The van der Waals surface area contributed by atoms with Crippen LogP contribution in [0.15, 0.2) is 67.7 Å². The van der Waals surface area contributed by atoms with Crippen LogP contribution >= 0.6 is 0 Å². The first-order valence-electron chi connectivity index (χ1n) is 11.0. The van der Waals surface area contributed by atoms with E-state index in [0.29, 0.717) is 11.4 Å². The molecule has 0 unspecified atom stereocenters. The van der Waals surface area contributed by atoms with Crippen molar-refractivity contribution >= 4 is 21.5 Å². The highest BCUT2D eigenvalue weighted by Crippen LogP contribution is 2.31. The predicted molar refractivity (Wildman–Crippen MR) is 133 cm³/mol. The molecule has 0 fully saturated rings. The van der Waals surface area contributed by atoms with Crippen molar-refractivity contribution in [2.75, 3.05) is 0 Å². The Labute approximate surface area is 193 Å². The maximum atomic E-state index is 13.1.